The number of sulfone groups is 1. The lowest BCUT2D eigenvalue weighted by Gasteiger charge is -2.33. The molecule has 0 radical (unpaired) electrons. The summed E-state index contributed by atoms with van der Waals surface area (Å²) < 4.78 is 103. The Hall–Kier alpha value is -4.23. The van der Waals surface area contributed by atoms with Crippen LogP contribution in [0.3, 0.4) is 0 Å². The fourth-order valence-corrected chi connectivity index (χ4v) is 11.8. The average molecular weight is 960 g/mol. The molecule has 63 heavy (non-hydrogen) atoms. The summed E-state index contributed by atoms with van der Waals surface area (Å²) in [6, 6.07) is 33.7. The number of hydrogen-bond acceptors (Lipinski definition) is 11. The number of morpholine rings is 1. The van der Waals surface area contributed by atoms with Crippen molar-refractivity contribution in [3.8, 4) is 11.1 Å². The lowest BCUT2D eigenvalue weighted by Crippen LogP contribution is -2.39. The van der Waals surface area contributed by atoms with Gasteiger partial charge in [-0.3, -0.25) is 9.69 Å². The molecule has 2 saturated heterocycles. The van der Waals surface area contributed by atoms with E-state index < -0.39 is 52.8 Å². The zero-order valence-corrected chi connectivity index (χ0v) is 38.0. The predicted octanol–water partition coefficient (Wildman–Crippen LogP) is 9.48. The van der Waals surface area contributed by atoms with E-state index in [1.54, 1.807) is 12.1 Å². The second kappa shape index (κ2) is 20.7. The first-order valence-electron chi connectivity index (χ1n) is 20.3. The number of sulfonamides is 1. The predicted molar refractivity (Wildman–Crippen MR) is 245 cm³/mol. The van der Waals surface area contributed by atoms with Gasteiger partial charge in [0.2, 0.25) is 0 Å². The average Bonchev–Trinajstić information content (AvgIpc) is 3.28. The van der Waals surface area contributed by atoms with Crippen molar-refractivity contribution in [2.45, 2.75) is 55.6 Å². The molecule has 0 saturated carbocycles. The van der Waals surface area contributed by atoms with Crippen molar-refractivity contribution in [3.63, 3.8) is 0 Å². The van der Waals surface area contributed by atoms with Gasteiger partial charge >= 0.3 is 5.51 Å². The van der Waals surface area contributed by atoms with Crippen LogP contribution in [-0.2, 0) is 24.6 Å². The fourth-order valence-electron chi connectivity index (χ4n) is 7.34. The number of piperidine rings is 1. The van der Waals surface area contributed by atoms with Crippen LogP contribution < -0.4 is 14.9 Å². The zero-order valence-electron chi connectivity index (χ0n) is 34.0. The maximum atomic E-state index is 14.1. The molecule has 5 aromatic rings. The van der Waals surface area contributed by atoms with E-state index in [2.05, 4.69) is 27.2 Å². The summed E-state index contributed by atoms with van der Waals surface area (Å²) in [5.41, 5.74) is -3.07. The number of carbonyl (C=O) groups is 1. The van der Waals surface area contributed by atoms with Gasteiger partial charge in [0, 0.05) is 75.8 Å². The number of amides is 1. The van der Waals surface area contributed by atoms with Crippen LogP contribution in [0.2, 0.25) is 5.02 Å². The Bertz CT molecular complexity index is 2560. The molecule has 0 aromatic heterocycles. The number of ether oxygens (including phenoxy) is 1. The quantitative estimate of drug-likeness (QED) is 0.0920. The Balaban J connectivity index is 1.02. The lowest BCUT2D eigenvalue weighted by atomic mass is 10.1. The van der Waals surface area contributed by atoms with Crippen molar-refractivity contribution in [2.24, 2.45) is 0 Å². The SMILES string of the molecule is O=C(NS(=O)(=O)c1ccc(N[C@H](CCN2CCOCC2)CSc2ccccc2)c(S(=O)(=O)C(F)(F)F)c1)c1ccc(N2CCC(Sc3ccccc3-c3ccc(Cl)cc3)CC2)cc1. The molecule has 5 aromatic carbocycles. The van der Waals surface area contributed by atoms with Gasteiger partial charge < -0.3 is 15.0 Å². The second-order valence-electron chi connectivity index (χ2n) is 15.1. The highest BCUT2D eigenvalue weighted by Gasteiger charge is 2.48. The molecule has 2 fully saturated rings. The minimum absolute atomic E-state index is 0.00739. The summed E-state index contributed by atoms with van der Waals surface area (Å²) in [4.78, 5) is 17.6. The van der Waals surface area contributed by atoms with E-state index in [-0.39, 0.29) is 5.56 Å². The minimum Gasteiger partial charge on any atom is -0.380 e. The normalized spacial score (nSPS) is 16.1. The number of hydrogen-bond donors (Lipinski definition) is 2. The molecule has 1 atom stereocenters. The summed E-state index contributed by atoms with van der Waals surface area (Å²) in [6.07, 6.45) is 2.25. The van der Waals surface area contributed by atoms with Crippen LogP contribution >= 0.6 is 35.1 Å². The highest BCUT2D eigenvalue weighted by Crippen LogP contribution is 2.39. The van der Waals surface area contributed by atoms with Crippen LogP contribution in [0, 0.1) is 0 Å². The number of alkyl halides is 3. The summed E-state index contributed by atoms with van der Waals surface area (Å²) in [5, 5.41) is 4.04. The zero-order chi connectivity index (χ0) is 44.6. The van der Waals surface area contributed by atoms with Crippen LogP contribution in [0.1, 0.15) is 29.6 Å². The third kappa shape index (κ3) is 12.1. The Labute approximate surface area is 379 Å². The van der Waals surface area contributed by atoms with Crippen LogP contribution in [0.5, 0.6) is 0 Å². The van der Waals surface area contributed by atoms with Gasteiger partial charge in [-0.2, -0.15) is 13.2 Å². The van der Waals surface area contributed by atoms with Crippen molar-refractivity contribution in [1.82, 2.24) is 9.62 Å². The maximum Gasteiger partial charge on any atom is 0.501 e. The molecule has 2 aliphatic rings. The maximum absolute atomic E-state index is 14.1. The van der Waals surface area contributed by atoms with Crippen LogP contribution in [0.25, 0.3) is 11.1 Å². The van der Waals surface area contributed by atoms with Crippen LogP contribution in [0.15, 0.2) is 141 Å². The Morgan fingerprint density at radius 1 is 0.825 bits per heavy atom. The number of nitrogens with one attached hydrogen (secondary N) is 2. The molecule has 0 spiro atoms. The lowest BCUT2D eigenvalue weighted by molar-refractivity contribution is -0.0435. The molecular formula is C45H46ClF3N4O6S4. The highest BCUT2D eigenvalue weighted by molar-refractivity contribution is 8.00. The number of halogens is 4. The largest absolute Gasteiger partial charge is 0.501 e. The molecule has 2 N–H and O–H groups in total. The number of carbonyl (C=O) groups excluding carboxylic acids is 1. The molecule has 10 nitrogen and oxygen atoms in total. The minimum atomic E-state index is -6.05. The molecule has 7 rings (SSSR count). The number of thioether (sulfide) groups is 2. The van der Waals surface area contributed by atoms with Gasteiger partial charge in [0.25, 0.3) is 25.8 Å². The molecule has 0 unspecified atom stereocenters. The Morgan fingerprint density at radius 2 is 1.49 bits per heavy atom. The summed E-state index contributed by atoms with van der Waals surface area (Å²) in [7, 11) is -10.9. The van der Waals surface area contributed by atoms with Gasteiger partial charge in [-0.15, -0.1) is 23.5 Å². The molecule has 2 heterocycles. The van der Waals surface area contributed by atoms with E-state index in [1.807, 2.05) is 83.2 Å². The standard InChI is InChI=1S/C45H46ClF3N4O6S4/c46-34-14-10-32(11-15-34)40-8-4-5-9-42(40)61-38-21-24-53(25-22-38)36-16-12-33(13-17-36)44(54)51-63(57,58)39-18-19-41(43(30-39)62(55,56)45(47,48)49)50-35(20-23-52-26-28-59-29-27-52)31-60-37-6-2-1-3-7-37/h1-19,30,35,38,50H,20-29,31H2,(H,51,54)/t35-/m1/s1. The van der Waals surface area contributed by atoms with Crippen LogP contribution in [0.4, 0.5) is 24.5 Å². The van der Waals surface area contributed by atoms with E-state index in [0.29, 0.717) is 61.4 Å². The summed E-state index contributed by atoms with van der Waals surface area (Å²) in [5.74, 6) is -0.660. The van der Waals surface area contributed by atoms with Crippen LogP contribution in [-0.4, -0.2) is 96.1 Å². The third-order valence-electron chi connectivity index (χ3n) is 10.8. The van der Waals surface area contributed by atoms with E-state index >= 15 is 0 Å². The van der Waals surface area contributed by atoms with Gasteiger partial charge in [0.15, 0.2) is 0 Å². The monoisotopic (exact) mass is 958 g/mol. The van der Waals surface area contributed by atoms with Crippen molar-refractivity contribution < 1.29 is 39.5 Å². The van der Waals surface area contributed by atoms with E-state index in [0.717, 1.165) is 59.8 Å². The van der Waals surface area contributed by atoms with Crippen molar-refractivity contribution in [3.05, 3.63) is 132 Å². The fraction of sp³-hybridized carbons (Fsp3) is 0.311. The van der Waals surface area contributed by atoms with E-state index in [1.165, 1.54) is 28.8 Å². The smallest absolute Gasteiger partial charge is 0.380 e. The Morgan fingerprint density at radius 3 is 2.17 bits per heavy atom. The molecular weight excluding hydrogens is 913 g/mol. The summed E-state index contributed by atoms with van der Waals surface area (Å²) in [6.45, 7) is 4.53. The first kappa shape index (κ1) is 46.8. The van der Waals surface area contributed by atoms with Crippen molar-refractivity contribution in [2.75, 3.05) is 61.9 Å². The molecule has 334 valence electrons. The molecule has 0 aliphatic carbocycles. The summed E-state index contributed by atoms with van der Waals surface area (Å²) >= 11 is 9.40. The van der Waals surface area contributed by atoms with Gasteiger partial charge in [0.05, 0.1) is 23.8 Å². The first-order valence-corrected chi connectivity index (χ1v) is 25.5. The molecule has 1 amide bonds. The Kier molecular flexibility index (Phi) is 15.4. The van der Waals surface area contributed by atoms with Gasteiger partial charge in [-0.05, 0) is 103 Å². The van der Waals surface area contributed by atoms with Gasteiger partial charge in [-0.25, -0.2) is 21.6 Å². The number of anilines is 2. The third-order valence-corrected chi connectivity index (χ3v) is 16.5. The number of rotatable bonds is 16. The molecule has 0 bridgehead atoms. The van der Waals surface area contributed by atoms with Gasteiger partial charge in [0.1, 0.15) is 4.90 Å². The number of benzene rings is 5. The second-order valence-corrected chi connectivity index (χ2v) is 21.6. The topological polar surface area (TPSA) is 125 Å². The van der Waals surface area contributed by atoms with Crippen molar-refractivity contribution in [1.29, 1.82) is 0 Å². The number of nitrogens with zero attached hydrogens (tertiary/aromatic N) is 2. The van der Waals surface area contributed by atoms with E-state index in [4.69, 9.17) is 16.3 Å². The van der Waals surface area contributed by atoms with E-state index in [9.17, 15) is 34.8 Å². The van der Waals surface area contributed by atoms with Crippen molar-refractivity contribution >= 4 is 72.3 Å². The molecule has 2 aliphatic heterocycles. The first-order chi connectivity index (χ1) is 30.2. The highest BCUT2D eigenvalue weighted by atomic mass is 35.5. The molecule has 18 heteroatoms. The van der Waals surface area contributed by atoms with Gasteiger partial charge in [-0.1, -0.05) is 60.1 Å².